The molecule has 0 atom stereocenters. The van der Waals surface area contributed by atoms with E-state index in [1.54, 1.807) is 42.5 Å². The van der Waals surface area contributed by atoms with Crippen molar-refractivity contribution in [3.05, 3.63) is 70.8 Å². The predicted octanol–water partition coefficient (Wildman–Crippen LogP) is 3.86. The van der Waals surface area contributed by atoms with Gasteiger partial charge in [0.1, 0.15) is 0 Å². The third-order valence-electron chi connectivity index (χ3n) is 2.58. The van der Waals surface area contributed by atoms with Gasteiger partial charge < -0.3 is 5.32 Å². The smallest absolute Gasteiger partial charge is 0.248 e. The molecule has 98 valence electrons. The zero-order valence-corrected chi connectivity index (χ0v) is 11.3. The number of rotatable bonds is 3. The Kier molecular flexibility index (Phi) is 4.54. The molecule has 0 unspecified atom stereocenters. The Morgan fingerprint density at radius 1 is 1.10 bits per heavy atom. The lowest BCUT2D eigenvalue weighted by molar-refractivity contribution is -0.111. The van der Waals surface area contributed by atoms with E-state index in [2.05, 4.69) is 5.32 Å². The maximum absolute atomic E-state index is 11.7. The van der Waals surface area contributed by atoms with E-state index in [-0.39, 0.29) is 5.91 Å². The van der Waals surface area contributed by atoms with Crippen LogP contribution in [0.25, 0.3) is 6.08 Å². The van der Waals surface area contributed by atoms with Gasteiger partial charge in [0.05, 0.1) is 11.6 Å². The highest BCUT2D eigenvalue weighted by Gasteiger charge is 1.98. The molecule has 0 bridgehead atoms. The summed E-state index contributed by atoms with van der Waals surface area (Å²) in [6, 6.07) is 15.9. The third-order valence-corrected chi connectivity index (χ3v) is 2.83. The van der Waals surface area contributed by atoms with Gasteiger partial charge in [-0.3, -0.25) is 4.79 Å². The Hall–Kier alpha value is -2.57. The molecule has 2 rings (SSSR count). The van der Waals surface area contributed by atoms with Crippen LogP contribution < -0.4 is 5.32 Å². The van der Waals surface area contributed by atoms with Crippen LogP contribution in [0.5, 0.6) is 0 Å². The minimum Gasteiger partial charge on any atom is -0.323 e. The van der Waals surface area contributed by atoms with Crippen LogP contribution in [0.4, 0.5) is 5.69 Å². The highest BCUT2D eigenvalue weighted by atomic mass is 35.5. The van der Waals surface area contributed by atoms with Crippen molar-refractivity contribution in [3.63, 3.8) is 0 Å². The second-order valence-electron chi connectivity index (χ2n) is 4.06. The standard InChI is InChI=1S/C16H11ClN2O/c17-14-6-1-12(2-7-14)5-10-16(20)19-15-8-3-13(11-18)4-9-15/h1-10H,(H,19,20)/b10-5+. The Morgan fingerprint density at radius 2 is 1.75 bits per heavy atom. The summed E-state index contributed by atoms with van der Waals surface area (Å²) >= 11 is 5.78. The number of anilines is 1. The first-order valence-corrected chi connectivity index (χ1v) is 6.30. The van der Waals surface area contributed by atoms with Crippen molar-refractivity contribution in [2.45, 2.75) is 0 Å². The fourth-order valence-corrected chi connectivity index (χ4v) is 1.68. The van der Waals surface area contributed by atoms with Gasteiger partial charge in [0, 0.05) is 16.8 Å². The molecule has 1 amide bonds. The van der Waals surface area contributed by atoms with Crippen LogP contribution >= 0.6 is 11.6 Å². The molecule has 0 aliphatic heterocycles. The van der Waals surface area contributed by atoms with Crippen LogP contribution in [0, 0.1) is 11.3 Å². The lowest BCUT2D eigenvalue weighted by Crippen LogP contribution is -2.07. The van der Waals surface area contributed by atoms with Crippen molar-refractivity contribution in [2.24, 2.45) is 0 Å². The summed E-state index contributed by atoms with van der Waals surface area (Å²) in [6.07, 6.45) is 3.15. The second-order valence-corrected chi connectivity index (χ2v) is 4.50. The van der Waals surface area contributed by atoms with Gasteiger partial charge in [-0.25, -0.2) is 0 Å². The van der Waals surface area contributed by atoms with E-state index < -0.39 is 0 Å². The van der Waals surface area contributed by atoms with Gasteiger partial charge in [-0.2, -0.15) is 5.26 Å². The third kappa shape index (κ3) is 3.98. The van der Waals surface area contributed by atoms with Crippen LogP contribution in [0.2, 0.25) is 5.02 Å². The van der Waals surface area contributed by atoms with Gasteiger partial charge in [0.25, 0.3) is 0 Å². The zero-order valence-electron chi connectivity index (χ0n) is 10.5. The first-order valence-electron chi connectivity index (χ1n) is 5.92. The molecule has 0 aliphatic carbocycles. The molecule has 0 heterocycles. The SMILES string of the molecule is N#Cc1ccc(NC(=O)/C=C/c2ccc(Cl)cc2)cc1. The number of benzene rings is 2. The quantitative estimate of drug-likeness (QED) is 0.869. The molecule has 3 nitrogen and oxygen atoms in total. The van der Waals surface area contributed by atoms with E-state index in [1.807, 2.05) is 18.2 Å². The van der Waals surface area contributed by atoms with E-state index >= 15 is 0 Å². The molecule has 0 spiro atoms. The summed E-state index contributed by atoms with van der Waals surface area (Å²) in [7, 11) is 0. The Labute approximate surface area is 122 Å². The molecule has 0 aliphatic rings. The molecule has 0 saturated carbocycles. The largest absolute Gasteiger partial charge is 0.323 e. The molecule has 2 aromatic carbocycles. The Morgan fingerprint density at radius 3 is 2.35 bits per heavy atom. The van der Waals surface area contributed by atoms with Crippen LogP contribution in [0.15, 0.2) is 54.6 Å². The number of halogens is 1. The number of hydrogen-bond donors (Lipinski definition) is 1. The molecular formula is C16H11ClN2O. The Balaban J connectivity index is 1.98. The molecule has 1 N–H and O–H groups in total. The summed E-state index contributed by atoms with van der Waals surface area (Å²) in [5.74, 6) is -0.232. The molecule has 0 aromatic heterocycles. The molecular weight excluding hydrogens is 272 g/mol. The average Bonchev–Trinajstić information content (AvgIpc) is 2.47. The number of carbonyl (C=O) groups is 1. The van der Waals surface area contributed by atoms with Crippen LogP contribution in [0.3, 0.4) is 0 Å². The van der Waals surface area contributed by atoms with Crippen LogP contribution in [-0.2, 0) is 4.79 Å². The fraction of sp³-hybridized carbons (Fsp3) is 0. The lowest BCUT2D eigenvalue weighted by atomic mass is 10.2. The molecule has 0 radical (unpaired) electrons. The van der Waals surface area contributed by atoms with Gasteiger partial charge in [-0.15, -0.1) is 0 Å². The number of nitrogens with zero attached hydrogens (tertiary/aromatic N) is 1. The maximum Gasteiger partial charge on any atom is 0.248 e. The molecule has 0 saturated heterocycles. The number of hydrogen-bond acceptors (Lipinski definition) is 2. The second kappa shape index (κ2) is 6.55. The van der Waals surface area contributed by atoms with Crippen molar-refractivity contribution in [1.29, 1.82) is 5.26 Å². The molecule has 4 heteroatoms. The minimum absolute atomic E-state index is 0.232. The van der Waals surface area contributed by atoms with Gasteiger partial charge in [0.2, 0.25) is 5.91 Å². The van der Waals surface area contributed by atoms with E-state index in [4.69, 9.17) is 16.9 Å². The van der Waals surface area contributed by atoms with Crippen molar-refractivity contribution in [3.8, 4) is 6.07 Å². The van der Waals surface area contributed by atoms with E-state index in [0.29, 0.717) is 16.3 Å². The van der Waals surface area contributed by atoms with E-state index in [1.165, 1.54) is 6.08 Å². The van der Waals surface area contributed by atoms with Crippen molar-refractivity contribution in [1.82, 2.24) is 0 Å². The molecule has 2 aromatic rings. The van der Waals surface area contributed by atoms with Gasteiger partial charge in [-0.1, -0.05) is 23.7 Å². The minimum atomic E-state index is -0.232. The summed E-state index contributed by atoms with van der Waals surface area (Å²) in [5.41, 5.74) is 2.10. The van der Waals surface area contributed by atoms with Crippen molar-refractivity contribution < 1.29 is 4.79 Å². The van der Waals surface area contributed by atoms with E-state index in [9.17, 15) is 4.79 Å². The summed E-state index contributed by atoms with van der Waals surface area (Å²) in [6.45, 7) is 0. The predicted molar refractivity (Wildman–Crippen MR) is 80.3 cm³/mol. The zero-order chi connectivity index (χ0) is 14.4. The lowest BCUT2D eigenvalue weighted by Gasteiger charge is -2.01. The van der Waals surface area contributed by atoms with Gasteiger partial charge in [-0.05, 0) is 48.0 Å². The average molecular weight is 283 g/mol. The van der Waals surface area contributed by atoms with Crippen LogP contribution in [-0.4, -0.2) is 5.91 Å². The monoisotopic (exact) mass is 282 g/mol. The summed E-state index contributed by atoms with van der Waals surface area (Å²) in [4.78, 5) is 11.7. The number of carbonyl (C=O) groups excluding carboxylic acids is 1. The number of nitrogens with one attached hydrogen (secondary N) is 1. The number of amides is 1. The summed E-state index contributed by atoms with van der Waals surface area (Å²) in [5, 5.41) is 12.1. The van der Waals surface area contributed by atoms with Crippen molar-refractivity contribution in [2.75, 3.05) is 5.32 Å². The topological polar surface area (TPSA) is 52.9 Å². The maximum atomic E-state index is 11.7. The summed E-state index contributed by atoms with van der Waals surface area (Å²) < 4.78 is 0. The first kappa shape index (κ1) is 13.9. The highest BCUT2D eigenvalue weighted by Crippen LogP contribution is 2.11. The normalized spacial score (nSPS) is 10.2. The Bertz CT molecular complexity index is 667. The highest BCUT2D eigenvalue weighted by molar-refractivity contribution is 6.30. The molecule has 20 heavy (non-hydrogen) atoms. The van der Waals surface area contributed by atoms with Gasteiger partial charge >= 0.3 is 0 Å². The first-order chi connectivity index (χ1) is 9.67. The van der Waals surface area contributed by atoms with Crippen molar-refractivity contribution >= 4 is 29.3 Å². The van der Waals surface area contributed by atoms with Gasteiger partial charge in [0.15, 0.2) is 0 Å². The molecule has 0 fully saturated rings. The number of nitriles is 1. The fourth-order valence-electron chi connectivity index (χ4n) is 1.56. The van der Waals surface area contributed by atoms with E-state index in [0.717, 1.165) is 5.56 Å². The van der Waals surface area contributed by atoms with Crippen LogP contribution in [0.1, 0.15) is 11.1 Å².